The highest BCUT2D eigenvalue weighted by molar-refractivity contribution is 6.27. The van der Waals surface area contributed by atoms with Gasteiger partial charge in [0.1, 0.15) is 11.3 Å². The van der Waals surface area contributed by atoms with Gasteiger partial charge in [0.2, 0.25) is 0 Å². The number of ketones is 1. The summed E-state index contributed by atoms with van der Waals surface area (Å²) in [6.45, 7) is 2.76. The van der Waals surface area contributed by atoms with Gasteiger partial charge in [-0.3, -0.25) is 9.59 Å². The van der Waals surface area contributed by atoms with Gasteiger partial charge in [-0.15, -0.1) is 11.6 Å². The number of rotatable bonds is 4. The maximum Gasteiger partial charge on any atom is 0.326 e. The molecule has 15 heavy (non-hydrogen) atoms. The second-order valence-corrected chi connectivity index (χ2v) is 4.38. The van der Waals surface area contributed by atoms with Crippen LogP contribution >= 0.6 is 11.6 Å². The van der Waals surface area contributed by atoms with Crippen molar-refractivity contribution < 1.29 is 14.3 Å². The van der Waals surface area contributed by atoms with Crippen LogP contribution in [-0.4, -0.2) is 36.8 Å². The van der Waals surface area contributed by atoms with Crippen LogP contribution in [0.5, 0.6) is 0 Å². The molecule has 0 aromatic heterocycles. The normalized spacial score (nSPS) is 30.2. The van der Waals surface area contributed by atoms with Crippen LogP contribution in [0.4, 0.5) is 0 Å². The minimum absolute atomic E-state index is 0.0607. The molecule has 1 rings (SSSR count). The fraction of sp³-hybridized carbons (Fsp3) is 0.800. The number of ether oxygens (including phenoxy) is 1. The van der Waals surface area contributed by atoms with Crippen molar-refractivity contribution in [2.45, 2.75) is 25.3 Å². The van der Waals surface area contributed by atoms with Crippen molar-refractivity contribution in [2.24, 2.45) is 5.92 Å². The summed E-state index contributed by atoms with van der Waals surface area (Å²) in [7, 11) is 1.33. The zero-order valence-corrected chi connectivity index (χ0v) is 9.76. The quantitative estimate of drug-likeness (QED) is 0.575. The molecule has 1 saturated heterocycles. The molecule has 0 saturated carbocycles. The third-order valence-corrected chi connectivity index (χ3v) is 3.01. The first-order valence-corrected chi connectivity index (χ1v) is 5.48. The summed E-state index contributed by atoms with van der Waals surface area (Å²) in [6, 6.07) is 0. The van der Waals surface area contributed by atoms with Crippen LogP contribution in [0.3, 0.4) is 0 Å². The zero-order valence-electron chi connectivity index (χ0n) is 9.01. The molecule has 86 valence electrons. The van der Waals surface area contributed by atoms with Gasteiger partial charge in [-0.25, -0.2) is 0 Å². The van der Waals surface area contributed by atoms with Crippen molar-refractivity contribution in [1.82, 2.24) is 5.32 Å². The Balaban J connectivity index is 2.78. The van der Waals surface area contributed by atoms with Crippen LogP contribution < -0.4 is 5.32 Å². The van der Waals surface area contributed by atoms with Crippen LogP contribution in [0, 0.1) is 5.92 Å². The molecular weight excluding hydrogens is 218 g/mol. The molecule has 0 unspecified atom stereocenters. The zero-order chi connectivity index (χ0) is 11.5. The van der Waals surface area contributed by atoms with Gasteiger partial charge in [0, 0.05) is 6.42 Å². The van der Waals surface area contributed by atoms with Gasteiger partial charge in [-0.05, 0) is 18.9 Å². The molecule has 0 aromatic carbocycles. The summed E-state index contributed by atoms with van der Waals surface area (Å²) in [5, 5.41) is 3.08. The minimum atomic E-state index is -0.847. The smallest absolute Gasteiger partial charge is 0.326 e. The number of alkyl halides is 1. The van der Waals surface area contributed by atoms with Crippen LogP contribution in [0.15, 0.2) is 0 Å². The van der Waals surface area contributed by atoms with E-state index in [1.807, 2.05) is 6.92 Å². The second-order valence-electron chi connectivity index (χ2n) is 4.11. The minimum Gasteiger partial charge on any atom is -0.468 e. The van der Waals surface area contributed by atoms with E-state index < -0.39 is 5.54 Å². The molecule has 0 bridgehead atoms. The number of Topliss-reactive ketones (excluding diaryl/α,β-unsaturated/α-hetero) is 1. The molecule has 1 fully saturated rings. The first-order valence-electron chi connectivity index (χ1n) is 4.95. The van der Waals surface area contributed by atoms with Crippen LogP contribution in [-0.2, 0) is 14.3 Å². The van der Waals surface area contributed by atoms with Gasteiger partial charge in [0.25, 0.3) is 0 Å². The highest BCUT2D eigenvalue weighted by atomic mass is 35.5. The number of halogens is 1. The number of hydrogen-bond acceptors (Lipinski definition) is 4. The van der Waals surface area contributed by atoms with Crippen molar-refractivity contribution in [2.75, 3.05) is 19.5 Å². The predicted molar refractivity (Wildman–Crippen MR) is 56.9 cm³/mol. The maximum absolute atomic E-state index is 11.7. The molecular formula is C10H16ClNO3. The molecule has 1 aliphatic heterocycles. The van der Waals surface area contributed by atoms with Crippen molar-refractivity contribution in [3.63, 3.8) is 0 Å². The van der Waals surface area contributed by atoms with E-state index in [0.717, 1.165) is 6.54 Å². The van der Waals surface area contributed by atoms with Crippen molar-refractivity contribution in [3.05, 3.63) is 0 Å². The Morgan fingerprint density at radius 1 is 1.60 bits per heavy atom. The summed E-state index contributed by atoms with van der Waals surface area (Å²) in [5.41, 5.74) is -0.847. The Hall–Kier alpha value is -0.610. The van der Waals surface area contributed by atoms with Gasteiger partial charge >= 0.3 is 5.97 Å². The van der Waals surface area contributed by atoms with E-state index in [2.05, 4.69) is 5.32 Å². The van der Waals surface area contributed by atoms with E-state index in [0.29, 0.717) is 12.3 Å². The van der Waals surface area contributed by atoms with Gasteiger partial charge in [0.05, 0.1) is 13.0 Å². The first kappa shape index (κ1) is 12.5. The van der Waals surface area contributed by atoms with Gasteiger partial charge in [-0.1, -0.05) is 6.92 Å². The third-order valence-electron chi connectivity index (χ3n) is 2.71. The van der Waals surface area contributed by atoms with Gasteiger partial charge in [0.15, 0.2) is 0 Å². The molecule has 1 N–H and O–H groups in total. The topological polar surface area (TPSA) is 55.4 Å². The lowest BCUT2D eigenvalue weighted by Gasteiger charge is -2.25. The van der Waals surface area contributed by atoms with E-state index in [9.17, 15) is 9.59 Å². The van der Waals surface area contributed by atoms with Crippen LogP contribution in [0.25, 0.3) is 0 Å². The molecule has 4 nitrogen and oxygen atoms in total. The Labute approximate surface area is 94.3 Å². The van der Waals surface area contributed by atoms with Crippen LogP contribution in [0.2, 0.25) is 0 Å². The third kappa shape index (κ3) is 2.69. The SMILES string of the molecule is COC(=O)[C@@]1(CC(=O)CCl)C[C@H](C)CN1. The Morgan fingerprint density at radius 2 is 2.27 bits per heavy atom. The van der Waals surface area contributed by atoms with E-state index in [4.69, 9.17) is 16.3 Å². The summed E-state index contributed by atoms with van der Waals surface area (Å²) in [6.07, 6.45) is 0.746. The molecule has 0 aliphatic carbocycles. The average Bonchev–Trinajstić information content (AvgIpc) is 2.59. The molecule has 0 aromatic rings. The van der Waals surface area contributed by atoms with E-state index in [1.165, 1.54) is 7.11 Å². The maximum atomic E-state index is 11.7. The molecule has 1 aliphatic rings. The highest BCUT2D eigenvalue weighted by Gasteiger charge is 2.45. The summed E-state index contributed by atoms with van der Waals surface area (Å²) >= 11 is 5.45. The Morgan fingerprint density at radius 3 is 2.67 bits per heavy atom. The predicted octanol–water partition coefficient (Wildman–Crippen LogP) is 0.726. The Kier molecular flexibility index (Phi) is 4.11. The van der Waals surface area contributed by atoms with Crippen molar-refractivity contribution in [3.8, 4) is 0 Å². The molecule has 0 radical (unpaired) electrons. The molecule has 0 spiro atoms. The second kappa shape index (κ2) is 4.94. The largest absolute Gasteiger partial charge is 0.468 e. The monoisotopic (exact) mass is 233 g/mol. The van der Waals surface area contributed by atoms with E-state index in [-0.39, 0.29) is 24.1 Å². The standard InChI is InChI=1S/C10H16ClNO3/c1-7-3-10(12-6-7,9(14)15-2)4-8(13)5-11/h7,12H,3-6H2,1-2H3/t7-,10-/m0/s1. The first-order chi connectivity index (χ1) is 7.04. The lowest BCUT2D eigenvalue weighted by Crippen LogP contribution is -2.50. The van der Waals surface area contributed by atoms with Gasteiger partial charge in [-0.2, -0.15) is 0 Å². The number of hydrogen-bond donors (Lipinski definition) is 1. The lowest BCUT2D eigenvalue weighted by molar-refractivity contribution is -0.149. The fourth-order valence-electron chi connectivity index (χ4n) is 2.05. The van der Waals surface area contributed by atoms with Crippen molar-refractivity contribution in [1.29, 1.82) is 0 Å². The number of methoxy groups -OCH3 is 1. The van der Waals surface area contributed by atoms with Crippen molar-refractivity contribution >= 4 is 23.4 Å². The molecule has 5 heteroatoms. The fourth-order valence-corrected chi connectivity index (χ4v) is 2.14. The summed E-state index contributed by atoms with van der Waals surface area (Å²) in [5.74, 6) is -0.198. The number of carbonyl (C=O) groups excluding carboxylic acids is 2. The van der Waals surface area contributed by atoms with Gasteiger partial charge < -0.3 is 10.1 Å². The molecule has 0 amide bonds. The van der Waals surface area contributed by atoms with E-state index in [1.54, 1.807) is 0 Å². The van der Waals surface area contributed by atoms with E-state index >= 15 is 0 Å². The number of esters is 1. The summed E-state index contributed by atoms with van der Waals surface area (Å²) in [4.78, 5) is 23.0. The lowest BCUT2D eigenvalue weighted by atomic mass is 9.88. The highest BCUT2D eigenvalue weighted by Crippen LogP contribution is 2.28. The molecule has 1 heterocycles. The molecule has 2 atom stereocenters. The van der Waals surface area contributed by atoms with Crippen LogP contribution in [0.1, 0.15) is 19.8 Å². The summed E-state index contributed by atoms with van der Waals surface area (Å²) < 4.78 is 4.73. The number of carbonyl (C=O) groups is 2. The number of nitrogens with one attached hydrogen (secondary N) is 1. The Bertz CT molecular complexity index is 269. The average molecular weight is 234 g/mol.